The molecule has 4 aromatic rings. The highest BCUT2D eigenvalue weighted by Crippen LogP contribution is 2.26. The monoisotopic (exact) mass is 735 g/mol. The van der Waals surface area contributed by atoms with E-state index in [1.165, 1.54) is 176 Å². The van der Waals surface area contributed by atoms with Gasteiger partial charge in [0.05, 0.1) is 0 Å². The molecule has 2 aromatic heterocycles. The van der Waals surface area contributed by atoms with Gasteiger partial charge in [0.2, 0.25) is 12.7 Å². The first kappa shape index (κ1) is 42.0. The first-order chi connectivity index (χ1) is 26.6. The van der Waals surface area contributed by atoms with Crippen LogP contribution in [0.1, 0.15) is 201 Å². The minimum atomic E-state index is 0.927. The second kappa shape index (κ2) is 23.7. The lowest BCUT2D eigenvalue weighted by Crippen LogP contribution is -2.34. The maximum absolute atomic E-state index is 2.62. The molecule has 0 spiro atoms. The lowest BCUT2D eigenvalue weighted by molar-refractivity contribution is -0.688. The molecule has 1 aliphatic rings. The van der Waals surface area contributed by atoms with E-state index in [4.69, 9.17) is 0 Å². The van der Waals surface area contributed by atoms with Crippen molar-refractivity contribution in [2.45, 2.75) is 208 Å². The van der Waals surface area contributed by atoms with Gasteiger partial charge in [-0.05, 0) is 73.6 Å². The van der Waals surface area contributed by atoms with E-state index < -0.39 is 0 Å². The second-order valence-corrected chi connectivity index (χ2v) is 17.0. The zero-order chi connectivity index (χ0) is 37.8. The molecule has 3 heterocycles. The third-order valence-corrected chi connectivity index (χ3v) is 12.1. The van der Waals surface area contributed by atoms with Gasteiger partial charge in [0, 0.05) is 22.3 Å². The van der Waals surface area contributed by atoms with Gasteiger partial charge in [0.15, 0.2) is 0 Å². The van der Waals surface area contributed by atoms with Crippen molar-refractivity contribution in [3.8, 4) is 0 Å². The third-order valence-electron chi connectivity index (χ3n) is 12.1. The van der Waals surface area contributed by atoms with Gasteiger partial charge in [-0.1, -0.05) is 155 Å². The molecule has 0 atom stereocenters. The molecule has 0 aliphatic carbocycles. The maximum Gasteiger partial charge on any atom is 0.244 e. The average molecular weight is 735 g/mol. The van der Waals surface area contributed by atoms with Crippen molar-refractivity contribution in [1.82, 2.24) is 9.13 Å². The Hall–Kier alpha value is -3.14. The van der Waals surface area contributed by atoms with Crippen molar-refractivity contribution >= 4 is 0 Å². The highest BCUT2D eigenvalue weighted by molar-refractivity contribution is 5.40. The fraction of sp³-hybridized carbons (Fsp3) is 0.640. The third kappa shape index (κ3) is 13.6. The molecule has 4 bridgehead atoms. The van der Waals surface area contributed by atoms with Crippen LogP contribution in [0.2, 0.25) is 0 Å². The van der Waals surface area contributed by atoms with Crippen LogP contribution in [0.25, 0.3) is 0 Å². The van der Waals surface area contributed by atoms with Crippen LogP contribution in [0, 0.1) is 0 Å². The van der Waals surface area contributed by atoms with E-state index in [9.17, 15) is 0 Å². The van der Waals surface area contributed by atoms with E-state index in [1.54, 1.807) is 22.3 Å². The molecule has 1 aliphatic heterocycles. The predicted molar refractivity (Wildman–Crippen MR) is 228 cm³/mol. The summed E-state index contributed by atoms with van der Waals surface area (Å²) in [5.74, 6) is 0. The van der Waals surface area contributed by atoms with Crippen LogP contribution in [0.15, 0.2) is 61.7 Å². The lowest BCUT2D eigenvalue weighted by atomic mass is 9.91. The highest BCUT2D eigenvalue weighted by Gasteiger charge is 2.20. The summed E-state index contributed by atoms with van der Waals surface area (Å²) in [5, 5.41) is 0. The number of hydrogen-bond donors (Lipinski definition) is 0. The van der Waals surface area contributed by atoms with Crippen LogP contribution in [-0.4, -0.2) is 9.13 Å². The molecular formula is C50H78N4+2. The quantitative estimate of drug-likeness (QED) is 0.0444. The number of imidazole rings is 2. The fourth-order valence-corrected chi connectivity index (χ4v) is 8.82. The number of nitrogens with zero attached hydrogens (tertiary/aromatic N) is 4. The number of fused-ring (bicyclic) bond motifs is 6. The minimum Gasteiger partial charge on any atom is -0.233 e. The molecule has 296 valence electrons. The average Bonchev–Trinajstić information content (AvgIpc) is 3.81. The Labute approximate surface area is 331 Å². The number of rotatable bonds is 24. The van der Waals surface area contributed by atoms with Crippen LogP contribution < -0.4 is 9.13 Å². The zero-order valence-corrected chi connectivity index (χ0v) is 35.4. The second-order valence-electron chi connectivity index (χ2n) is 17.0. The smallest absolute Gasteiger partial charge is 0.233 e. The van der Waals surface area contributed by atoms with Crippen molar-refractivity contribution in [3.63, 3.8) is 0 Å². The number of benzene rings is 2. The van der Waals surface area contributed by atoms with E-state index in [0.29, 0.717) is 0 Å². The summed E-state index contributed by atoms with van der Waals surface area (Å²) >= 11 is 0. The molecular weight excluding hydrogens is 657 g/mol. The van der Waals surface area contributed by atoms with Crippen LogP contribution in [-0.2, 0) is 51.9 Å². The molecule has 54 heavy (non-hydrogen) atoms. The summed E-state index contributed by atoms with van der Waals surface area (Å²) in [4.78, 5) is 0. The van der Waals surface area contributed by atoms with Gasteiger partial charge >= 0.3 is 0 Å². The Balaban J connectivity index is 1.44. The van der Waals surface area contributed by atoms with E-state index in [1.807, 2.05) is 0 Å². The summed E-state index contributed by atoms with van der Waals surface area (Å²) in [5.41, 5.74) is 12.4. The largest absolute Gasteiger partial charge is 0.244 e. The first-order valence-electron chi connectivity index (χ1n) is 23.0. The summed E-state index contributed by atoms with van der Waals surface area (Å²) in [6.45, 7) is 13.0. The molecule has 4 heteroatoms. The summed E-state index contributed by atoms with van der Waals surface area (Å²) in [6.07, 6.45) is 45.7. The molecule has 0 saturated carbocycles. The normalized spacial score (nSPS) is 12.8. The Morgan fingerprint density at radius 2 is 0.685 bits per heavy atom. The van der Waals surface area contributed by atoms with Crippen molar-refractivity contribution < 1.29 is 9.13 Å². The molecule has 0 fully saturated rings. The lowest BCUT2D eigenvalue weighted by Gasteiger charge is -2.17. The number of aromatic nitrogens is 4. The Kier molecular flexibility index (Phi) is 18.4. The molecule has 0 saturated heterocycles. The van der Waals surface area contributed by atoms with Crippen LogP contribution in [0.4, 0.5) is 0 Å². The molecule has 2 aromatic carbocycles. The number of aryl methyl sites for hydroxylation is 4. The highest BCUT2D eigenvalue weighted by atomic mass is 15.1. The van der Waals surface area contributed by atoms with Gasteiger partial charge in [-0.3, -0.25) is 0 Å². The van der Waals surface area contributed by atoms with Crippen molar-refractivity contribution in [1.29, 1.82) is 0 Å². The van der Waals surface area contributed by atoms with Gasteiger partial charge in [-0.25, -0.2) is 18.3 Å². The molecule has 0 N–H and O–H groups in total. The number of hydrogen-bond acceptors (Lipinski definition) is 0. The van der Waals surface area contributed by atoms with Gasteiger partial charge in [-0.15, -0.1) is 0 Å². The molecule has 5 rings (SSSR count). The van der Waals surface area contributed by atoms with E-state index >= 15 is 0 Å². The van der Waals surface area contributed by atoms with Crippen molar-refractivity contribution in [2.24, 2.45) is 0 Å². The topological polar surface area (TPSA) is 17.6 Å². The molecule has 0 radical (unpaired) electrons. The van der Waals surface area contributed by atoms with Crippen molar-refractivity contribution in [2.75, 3.05) is 0 Å². The Morgan fingerprint density at radius 3 is 1.00 bits per heavy atom. The van der Waals surface area contributed by atoms with Gasteiger partial charge < -0.3 is 0 Å². The van der Waals surface area contributed by atoms with Gasteiger partial charge in [0.1, 0.15) is 51.0 Å². The first-order valence-corrected chi connectivity index (χ1v) is 23.0. The maximum atomic E-state index is 2.62. The fourth-order valence-electron chi connectivity index (χ4n) is 8.82. The van der Waals surface area contributed by atoms with Crippen LogP contribution in [0.3, 0.4) is 0 Å². The summed E-state index contributed by atoms with van der Waals surface area (Å²) in [6, 6.07) is 10.5. The summed E-state index contributed by atoms with van der Waals surface area (Å²) < 4.78 is 9.76. The Bertz CT molecular complexity index is 1400. The number of unbranched alkanes of at least 4 members (excludes halogenated alkanes) is 16. The van der Waals surface area contributed by atoms with E-state index in [2.05, 4.69) is 108 Å². The van der Waals surface area contributed by atoms with E-state index in [-0.39, 0.29) is 0 Å². The molecule has 4 nitrogen and oxygen atoms in total. The standard InChI is InChI=1S/C50H78N4/c1-5-9-13-17-21-25-43-33-47-37-51-29-30-53(41-51)39-49-35-45(27-23-19-15-11-7-3)46(28-24-20-16-12-8-4)36-50(49)40-54-32-31-52(42-54)38-48(47)34-44(43)26-22-18-14-10-6-2/h29-36,41-42H,5-28,37-40H2,1-4H3/q+2. The molecule has 0 unspecified atom stereocenters. The van der Waals surface area contributed by atoms with Crippen molar-refractivity contribution in [3.05, 3.63) is 106 Å². The van der Waals surface area contributed by atoms with Crippen LogP contribution >= 0.6 is 0 Å². The van der Waals surface area contributed by atoms with E-state index in [0.717, 1.165) is 26.2 Å². The van der Waals surface area contributed by atoms with Gasteiger partial charge in [0.25, 0.3) is 0 Å². The minimum absolute atomic E-state index is 0.927. The molecule has 0 amide bonds. The Morgan fingerprint density at radius 1 is 0.389 bits per heavy atom. The predicted octanol–water partition coefficient (Wildman–Crippen LogP) is 12.4. The summed E-state index contributed by atoms with van der Waals surface area (Å²) in [7, 11) is 0. The van der Waals surface area contributed by atoms with Gasteiger partial charge in [-0.2, -0.15) is 0 Å². The SMILES string of the molecule is CCCCCCCc1cc2c(cc1CCCCCCC)C[n+]1ccn(c1)Cc1cc(CCCCCCC)c(CCCCCCC)cc1C[n+]1ccn(c1)C2. The van der Waals surface area contributed by atoms with Crippen LogP contribution in [0.5, 0.6) is 0 Å². The zero-order valence-electron chi connectivity index (χ0n) is 35.4.